The summed E-state index contributed by atoms with van der Waals surface area (Å²) < 4.78 is 27.6. The molecule has 0 saturated carbocycles. The summed E-state index contributed by atoms with van der Waals surface area (Å²) in [7, 11) is -3.64. The molecule has 0 aliphatic rings. The number of aryl methyl sites for hydroxylation is 2. The minimum Gasteiger partial charge on any atom is -0.321 e. The average molecular weight is 467 g/mol. The van der Waals surface area contributed by atoms with Gasteiger partial charge in [0.25, 0.3) is 5.91 Å². The van der Waals surface area contributed by atoms with Crippen LogP contribution in [0, 0.1) is 0 Å². The lowest BCUT2D eigenvalue weighted by Gasteiger charge is -2.19. The van der Waals surface area contributed by atoms with Gasteiger partial charge in [-0.3, -0.25) is 4.79 Å². The third-order valence-electron chi connectivity index (χ3n) is 4.76. The van der Waals surface area contributed by atoms with Crippen molar-refractivity contribution in [2.75, 3.05) is 18.4 Å². The Bertz CT molecular complexity index is 932. The Hall–Kier alpha value is -1.70. The van der Waals surface area contributed by atoms with Gasteiger partial charge in [0.15, 0.2) is 0 Å². The van der Waals surface area contributed by atoms with Crippen molar-refractivity contribution in [2.45, 2.75) is 45.4 Å². The van der Waals surface area contributed by atoms with E-state index in [1.54, 1.807) is 19.9 Å². The molecule has 0 unspecified atom stereocenters. The maximum absolute atomic E-state index is 13.0. The van der Waals surface area contributed by atoms with Gasteiger partial charge < -0.3 is 5.32 Å². The van der Waals surface area contributed by atoms with E-state index in [2.05, 4.69) is 21.2 Å². The molecule has 0 aromatic heterocycles. The molecular formula is C21H27BrN2O3S. The van der Waals surface area contributed by atoms with Gasteiger partial charge in [-0.25, -0.2) is 8.42 Å². The molecule has 0 saturated heterocycles. The van der Waals surface area contributed by atoms with Crippen molar-refractivity contribution in [1.29, 1.82) is 0 Å². The molecule has 2 aromatic carbocycles. The molecule has 0 aliphatic heterocycles. The van der Waals surface area contributed by atoms with Crippen molar-refractivity contribution in [3.8, 4) is 0 Å². The summed E-state index contributed by atoms with van der Waals surface area (Å²) >= 11 is 3.38. The zero-order valence-electron chi connectivity index (χ0n) is 16.8. The average Bonchev–Trinajstić information content (AvgIpc) is 2.68. The van der Waals surface area contributed by atoms with Gasteiger partial charge in [-0.2, -0.15) is 4.31 Å². The SMILES string of the molecule is CCc1cccc(CC)c1NC(=O)c1cc(S(=O)(=O)N(CC)CC)ccc1Br. The molecule has 0 aliphatic carbocycles. The fourth-order valence-corrected chi connectivity index (χ4v) is 5.05. The quantitative estimate of drug-likeness (QED) is 0.603. The summed E-state index contributed by atoms with van der Waals surface area (Å²) in [6.45, 7) is 8.42. The van der Waals surface area contributed by atoms with Crippen LogP contribution >= 0.6 is 15.9 Å². The molecule has 0 fully saturated rings. The number of benzene rings is 2. The van der Waals surface area contributed by atoms with Crippen LogP contribution in [0.1, 0.15) is 49.2 Å². The van der Waals surface area contributed by atoms with Gasteiger partial charge in [-0.05, 0) is 58.1 Å². The number of nitrogens with zero attached hydrogens (tertiary/aromatic N) is 1. The second kappa shape index (κ2) is 9.67. The molecule has 0 atom stereocenters. The van der Waals surface area contributed by atoms with Gasteiger partial charge in [0, 0.05) is 23.2 Å². The smallest absolute Gasteiger partial charge is 0.256 e. The van der Waals surface area contributed by atoms with Gasteiger partial charge >= 0.3 is 0 Å². The fraction of sp³-hybridized carbons (Fsp3) is 0.381. The lowest BCUT2D eigenvalue weighted by atomic mass is 10.0. The topological polar surface area (TPSA) is 66.5 Å². The molecule has 1 amide bonds. The standard InChI is InChI=1S/C21H27BrN2O3S/c1-5-15-10-9-11-16(6-2)20(15)23-21(25)18-14-17(12-13-19(18)22)28(26,27)24(7-3)8-4/h9-14H,5-8H2,1-4H3,(H,23,25). The normalized spacial score (nSPS) is 11.6. The monoisotopic (exact) mass is 466 g/mol. The number of anilines is 1. The Morgan fingerprint density at radius 3 is 2.07 bits per heavy atom. The molecule has 0 bridgehead atoms. The lowest BCUT2D eigenvalue weighted by Crippen LogP contribution is -2.30. The number of carbonyl (C=O) groups excluding carboxylic acids is 1. The molecule has 0 radical (unpaired) electrons. The van der Waals surface area contributed by atoms with Crippen molar-refractivity contribution in [2.24, 2.45) is 0 Å². The van der Waals surface area contributed by atoms with E-state index in [1.165, 1.54) is 16.4 Å². The largest absolute Gasteiger partial charge is 0.321 e. The third kappa shape index (κ3) is 4.64. The molecule has 2 rings (SSSR count). The Labute approximate surface area is 176 Å². The van der Waals surface area contributed by atoms with Crippen molar-refractivity contribution in [1.82, 2.24) is 4.31 Å². The fourth-order valence-electron chi connectivity index (χ4n) is 3.14. The number of rotatable bonds is 8. The molecule has 5 nitrogen and oxygen atoms in total. The Morgan fingerprint density at radius 2 is 1.57 bits per heavy atom. The number of para-hydroxylation sites is 1. The summed E-state index contributed by atoms with van der Waals surface area (Å²) in [5, 5.41) is 3.00. The second-order valence-electron chi connectivity index (χ2n) is 6.34. The second-order valence-corrected chi connectivity index (χ2v) is 9.14. The van der Waals surface area contributed by atoms with E-state index in [9.17, 15) is 13.2 Å². The van der Waals surface area contributed by atoms with Crippen LogP contribution in [0.5, 0.6) is 0 Å². The van der Waals surface area contributed by atoms with Crippen LogP contribution in [-0.4, -0.2) is 31.7 Å². The molecule has 0 spiro atoms. The van der Waals surface area contributed by atoms with Crippen LogP contribution in [0.15, 0.2) is 45.8 Å². The first-order valence-electron chi connectivity index (χ1n) is 9.51. The highest BCUT2D eigenvalue weighted by molar-refractivity contribution is 9.10. The van der Waals surface area contributed by atoms with Crippen LogP contribution < -0.4 is 5.32 Å². The summed E-state index contributed by atoms with van der Waals surface area (Å²) in [5.41, 5.74) is 3.20. The maximum atomic E-state index is 13.0. The zero-order valence-corrected chi connectivity index (χ0v) is 19.2. The Morgan fingerprint density at radius 1 is 1.00 bits per heavy atom. The first-order valence-corrected chi connectivity index (χ1v) is 11.7. The number of hydrogen-bond acceptors (Lipinski definition) is 3. The zero-order chi connectivity index (χ0) is 20.9. The van der Waals surface area contributed by atoms with Crippen LogP contribution in [0.4, 0.5) is 5.69 Å². The van der Waals surface area contributed by atoms with E-state index in [0.717, 1.165) is 29.7 Å². The summed E-state index contributed by atoms with van der Waals surface area (Å²) in [6.07, 6.45) is 1.59. The molecule has 152 valence electrons. The molecule has 0 heterocycles. The number of hydrogen-bond donors (Lipinski definition) is 1. The Balaban J connectivity index is 2.46. The van der Waals surface area contributed by atoms with E-state index < -0.39 is 10.0 Å². The number of halogens is 1. The van der Waals surface area contributed by atoms with Gasteiger partial charge in [-0.1, -0.05) is 45.9 Å². The summed E-state index contributed by atoms with van der Waals surface area (Å²) in [6, 6.07) is 10.5. The van der Waals surface area contributed by atoms with Gasteiger partial charge in [0.2, 0.25) is 10.0 Å². The van der Waals surface area contributed by atoms with E-state index in [4.69, 9.17) is 0 Å². The minimum atomic E-state index is -3.64. The van der Waals surface area contributed by atoms with Gasteiger partial charge in [0.05, 0.1) is 10.5 Å². The van der Waals surface area contributed by atoms with Gasteiger partial charge in [-0.15, -0.1) is 0 Å². The van der Waals surface area contributed by atoms with Crippen LogP contribution in [-0.2, 0) is 22.9 Å². The van der Waals surface area contributed by atoms with E-state index in [0.29, 0.717) is 23.1 Å². The molecule has 28 heavy (non-hydrogen) atoms. The number of nitrogens with one attached hydrogen (secondary N) is 1. The lowest BCUT2D eigenvalue weighted by molar-refractivity contribution is 0.102. The van der Waals surface area contributed by atoms with E-state index in [-0.39, 0.29) is 10.8 Å². The minimum absolute atomic E-state index is 0.115. The molecule has 7 heteroatoms. The predicted octanol–water partition coefficient (Wildman–Crippen LogP) is 4.86. The first kappa shape index (κ1) is 22.6. The first-order chi connectivity index (χ1) is 13.3. The number of carbonyl (C=O) groups is 1. The van der Waals surface area contributed by atoms with Gasteiger partial charge in [0.1, 0.15) is 0 Å². The highest BCUT2D eigenvalue weighted by Gasteiger charge is 2.24. The van der Waals surface area contributed by atoms with Crippen molar-refractivity contribution in [3.05, 3.63) is 57.6 Å². The van der Waals surface area contributed by atoms with E-state index in [1.807, 2.05) is 32.0 Å². The van der Waals surface area contributed by atoms with E-state index >= 15 is 0 Å². The van der Waals surface area contributed by atoms with Crippen molar-refractivity contribution in [3.63, 3.8) is 0 Å². The van der Waals surface area contributed by atoms with Crippen LogP contribution in [0.3, 0.4) is 0 Å². The summed E-state index contributed by atoms with van der Waals surface area (Å²) in [4.78, 5) is 13.1. The van der Waals surface area contributed by atoms with Crippen LogP contribution in [0.25, 0.3) is 0 Å². The third-order valence-corrected chi connectivity index (χ3v) is 7.50. The van der Waals surface area contributed by atoms with Crippen molar-refractivity contribution >= 4 is 37.5 Å². The number of amides is 1. The molecule has 2 aromatic rings. The number of sulfonamides is 1. The summed E-state index contributed by atoms with van der Waals surface area (Å²) in [5.74, 6) is -0.334. The molecule has 1 N–H and O–H groups in total. The van der Waals surface area contributed by atoms with Crippen molar-refractivity contribution < 1.29 is 13.2 Å². The predicted molar refractivity (Wildman–Crippen MR) is 117 cm³/mol. The highest BCUT2D eigenvalue weighted by Crippen LogP contribution is 2.27. The molecular weight excluding hydrogens is 440 g/mol. The maximum Gasteiger partial charge on any atom is 0.256 e. The highest BCUT2D eigenvalue weighted by atomic mass is 79.9. The van der Waals surface area contributed by atoms with Crippen LogP contribution in [0.2, 0.25) is 0 Å². The Kier molecular flexibility index (Phi) is 7.80.